The standard InChI is InChI=1S/C22H26N4O6/c1-22(2,3)32-21(31)25-10-12(11-25)24(4)14-7-5-6-13-17(14)20(30)26(19(13)29)15-8-9-16(27)23-18(15)28/h5-7,12,15H,8-11H2,1-4H3,(H,23,27,28). The van der Waals surface area contributed by atoms with E-state index in [2.05, 4.69) is 5.32 Å². The van der Waals surface area contributed by atoms with E-state index in [0.29, 0.717) is 18.8 Å². The van der Waals surface area contributed by atoms with E-state index in [9.17, 15) is 24.0 Å². The van der Waals surface area contributed by atoms with E-state index in [1.165, 1.54) is 0 Å². The molecule has 1 unspecified atom stereocenters. The molecule has 0 spiro atoms. The van der Waals surface area contributed by atoms with Gasteiger partial charge in [-0.15, -0.1) is 0 Å². The van der Waals surface area contributed by atoms with Crippen LogP contribution in [0.4, 0.5) is 10.5 Å². The monoisotopic (exact) mass is 442 g/mol. The molecule has 32 heavy (non-hydrogen) atoms. The van der Waals surface area contributed by atoms with Gasteiger partial charge in [0.05, 0.1) is 22.9 Å². The van der Waals surface area contributed by atoms with Crippen LogP contribution in [0, 0.1) is 0 Å². The molecule has 2 fully saturated rings. The number of anilines is 1. The van der Waals surface area contributed by atoms with Crippen LogP contribution in [0.25, 0.3) is 0 Å². The van der Waals surface area contributed by atoms with Crippen LogP contribution >= 0.6 is 0 Å². The minimum atomic E-state index is -1.01. The first-order valence-corrected chi connectivity index (χ1v) is 10.5. The number of carbonyl (C=O) groups is 5. The molecule has 1 atom stereocenters. The number of likely N-dealkylation sites (N-methyl/N-ethyl adjacent to an activating group) is 1. The second-order valence-corrected chi connectivity index (χ2v) is 9.30. The third-order valence-corrected chi connectivity index (χ3v) is 5.89. The zero-order valence-corrected chi connectivity index (χ0v) is 18.5. The molecular weight excluding hydrogens is 416 g/mol. The molecule has 10 nitrogen and oxygen atoms in total. The van der Waals surface area contributed by atoms with Crippen LogP contribution in [-0.4, -0.2) is 77.3 Å². The molecule has 3 aliphatic heterocycles. The van der Waals surface area contributed by atoms with Gasteiger partial charge < -0.3 is 14.5 Å². The zero-order valence-electron chi connectivity index (χ0n) is 18.5. The SMILES string of the molecule is CN(c1cccc2c1C(=O)N(C1CCC(=O)NC1=O)C2=O)C1CN(C(=O)OC(C)(C)C)C1. The largest absolute Gasteiger partial charge is 0.444 e. The minimum Gasteiger partial charge on any atom is -0.444 e. The Labute approximate surface area is 185 Å². The first-order valence-electron chi connectivity index (χ1n) is 10.5. The highest BCUT2D eigenvalue weighted by Gasteiger charge is 2.47. The van der Waals surface area contributed by atoms with Gasteiger partial charge in [-0.05, 0) is 39.3 Å². The van der Waals surface area contributed by atoms with Gasteiger partial charge in [0.2, 0.25) is 11.8 Å². The number of carbonyl (C=O) groups excluding carboxylic acids is 5. The highest BCUT2D eigenvalue weighted by Crippen LogP contribution is 2.35. The number of ether oxygens (including phenoxy) is 1. The van der Waals surface area contributed by atoms with Gasteiger partial charge in [-0.3, -0.25) is 29.4 Å². The van der Waals surface area contributed by atoms with Gasteiger partial charge in [0.25, 0.3) is 11.8 Å². The third-order valence-electron chi connectivity index (χ3n) is 5.89. The summed E-state index contributed by atoms with van der Waals surface area (Å²) in [4.78, 5) is 66.6. The van der Waals surface area contributed by atoms with E-state index in [0.717, 1.165) is 4.90 Å². The van der Waals surface area contributed by atoms with Crippen molar-refractivity contribution in [2.45, 2.75) is 51.3 Å². The minimum absolute atomic E-state index is 0.0541. The summed E-state index contributed by atoms with van der Waals surface area (Å²) in [5.74, 6) is -2.15. The Balaban J connectivity index is 1.52. The molecule has 3 heterocycles. The normalized spacial score (nSPS) is 21.3. The van der Waals surface area contributed by atoms with Crippen LogP contribution in [0.2, 0.25) is 0 Å². The highest BCUT2D eigenvalue weighted by molar-refractivity contribution is 6.25. The molecule has 0 radical (unpaired) electrons. The molecular formula is C22H26N4O6. The molecule has 0 saturated carbocycles. The highest BCUT2D eigenvalue weighted by atomic mass is 16.6. The first-order chi connectivity index (χ1) is 15.0. The molecule has 4 rings (SSSR count). The Morgan fingerprint density at radius 2 is 1.81 bits per heavy atom. The maximum atomic E-state index is 13.2. The molecule has 0 aromatic heterocycles. The average molecular weight is 442 g/mol. The summed E-state index contributed by atoms with van der Waals surface area (Å²) in [5.41, 5.74) is 0.443. The summed E-state index contributed by atoms with van der Waals surface area (Å²) in [7, 11) is 1.80. The second kappa shape index (κ2) is 7.61. The molecule has 0 bridgehead atoms. The number of amides is 5. The van der Waals surface area contributed by atoms with E-state index < -0.39 is 41.4 Å². The predicted molar refractivity (Wildman–Crippen MR) is 113 cm³/mol. The molecule has 0 aliphatic carbocycles. The lowest BCUT2D eigenvalue weighted by Gasteiger charge is -2.45. The van der Waals surface area contributed by atoms with Crippen molar-refractivity contribution in [2.24, 2.45) is 0 Å². The quantitative estimate of drug-likeness (QED) is 0.698. The van der Waals surface area contributed by atoms with Crippen molar-refractivity contribution in [2.75, 3.05) is 25.0 Å². The van der Waals surface area contributed by atoms with Gasteiger partial charge in [0.15, 0.2) is 0 Å². The number of piperidine rings is 1. The van der Waals surface area contributed by atoms with E-state index in [4.69, 9.17) is 4.74 Å². The lowest BCUT2D eigenvalue weighted by Crippen LogP contribution is -2.61. The molecule has 5 amide bonds. The average Bonchev–Trinajstić information content (AvgIpc) is 2.90. The summed E-state index contributed by atoms with van der Waals surface area (Å²) in [6.45, 7) is 6.26. The summed E-state index contributed by atoms with van der Waals surface area (Å²) in [6.07, 6.45) is -0.218. The topological polar surface area (TPSA) is 116 Å². The molecule has 10 heteroatoms. The number of hydrogen-bond acceptors (Lipinski definition) is 7. The number of nitrogens with zero attached hydrogens (tertiary/aromatic N) is 3. The fourth-order valence-electron chi connectivity index (χ4n) is 4.16. The van der Waals surface area contributed by atoms with Crippen LogP contribution in [0.5, 0.6) is 0 Å². The van der Waals surface area contributed by atoms with Crippen molar-refractivity contribution in [3.63, 3.8) is 0 Å². The Hall–Kier alpha value is -3.43. The number of imide groups is 2. The van der Waals surface area contributed by atoms with Gasteiger partial charge in [-0.1, -0.05) is 6.07 Å². The van der Waals surface area contributed by atoms with Gasteiger partial charge in [-0.25, -0.2) is 4.79 Å². The van der Waals surface area contributed by atoms with Gasteiger partial charge >= 0.3 is 6.09 Å². The van der Waals surface area contributed by atoms with Crippen molar-refractivity contribution >= 4 is 35.4 Å². The maximum absolute atomic E-state index is 13.2. The van der Waals surface area contributed by atoms with E-state index >= 15 is 0 Å². The lowest BCUT2D eigenvalue weighted by atomic mass is 10.0. The number of likely N-dealkylation sites (tertiary alicyclic amines) is 1. The summed E-state index contributed by atoms with van der Waals surface area (Å²) < 4.78 is 5.38. The maximum Gasteiger partial charge on any atom is 0.410 e. The van der Waals surface area contributed by atoms with E-state index in [1.54, 1.807) is 50.9 Å². The van der Waals surface area contributed by atoms with Crippen molar-refractivity contribution in [3.8, 4) is 0 Å². The van der Waals surface area contributed by atoms with E-state index in [1.807, 2.05) is 4.90 Å². The fraction of sp³-hybridized carbons (Fsp3) is 0.500. The molecule has 170 valence electrons. The smallest absolute Gasteiger partial charge is 0.410 e. The Morgan fingerprint density at radius 3 is 2.44 bits per heavy atom. The fourth-order valence-corrected chi connectivity index (χ4v) is 4.16. The van der Waals surface area contributed by atoms with Crippen LogP contribution in [0.3, 0.4) is 0 Å². The third kappa shape index (κ3) is 3.69. The van der Waals surface area contributed by atoms with Crippen molar-refractivity contribution in [1.29, 1.82) is 0 Å². The second-order valence-electron chi connectivity index (χ2n) is 9.30. The Bertz CT molecular complexity index is 1020. The van der Waals surface area contributed by atoms with Crippen LogP contribution < -0.4 is 10.2 Å². The van der Waals surface area contributed by atoms with Crippen LogP contribution in [0.1, 0.15) is 54.3 Å². The van der Waals surface area contributed by atoms with Crippen LogP contribution in [-0.2, 0) is 14.3 Å². The summed E-state index contributed by atoms with van der Waals surface area (Å²) in [6, 6.07) is 3.93. The number of nitrogens with one attached hydrogen (secondary N) is 1. The number of benzene rings is 1. The molecule has 1 aromatic carbocycles. The number of rotatable bonds is 3. The van der Waals surface area contributed by atoms with Gasteiger partial charge in [0.1, 0.15) is 11.6 Å². The van der Waals surface area contributed by atoms with Crippen LogP contribution in [0.15, 0.2) is 18.2 Å². The Kier molecular flexibility index (Phi) is 5.18. The molecule has 1 N–H and O–H groups in total. The predicted octanol–water partition coefficient (Wildman–Crippen LogP) is 1.14. The molecule has 3 aliphatic rings. The van der Waals surface area contributed by atoms with E-state index in [-0.39, 0.29) is 30.0 Å². The summed E-state index contributed by atoms with van der Waals surface area (Å²) in [5, 5.41) is 2.20. The van der Waals surface area contributed by atoms with Crippen molar-refractivity contribution < 1.29 is 28.7 Å². The van der Waals surface area contributed by atoms with Crippen molar-refractivity contribution in [1.82, 2.24) is 15.1 Å². The zero-order chi connectivity index (χ0) is 23.4. The number of hydrogen-bond donors (Lipinski definition) is 1. The lowest BCUT2D eigenvalue weighted by molar-refractivity contribution is -0.136. The Morgan fingerprint density at radius 1 is 1.12 bits per heavy atom. The van der Waals surface area contributed by atoms with Gasteiger partial charge in [0, 0.05) is 26.6 Å². The molecule has 1 aromatic rings. The van der Waals surface area contributed by atoms with Crippen molar-refractivity contribution in [3.05, 3.63) is 29.3 Å². The molecule has 2 saturated heterocycles. The number of fused-ring (bicyclic) bond motifs is 1. The summed E-state index contributed by atoms with van der Waals surface area (Å²) >= 11 is 0. The van der Waals surface area contributed by atoms with Gasteiger partial charge in [-0.2, -0.15) is 0 Å². The first kappa shape index (κ1) is 21.8.